The molecular weight excluding hydrogens is 278 g/mol. The van der Waals surface area contributed by atoms with Crippen LogP contribution in [0.1, 0.15) is 26.9 Å². The summed E-state index contributed by atoms with van der Waals surface area (Å²) in [6.07, 6.45) is 1.30. The van der Waals surface area contributed by atoms with E-state index in [4.69, 9.17) is 4.74 Å². The summed E-state index contributed by atoms with van der Waals surface area (Å²) in [5, 5.41) is 2.82. The SMILES string of the molecule is COCCNC(=O)c1ccc(C2SCCCS2)cc1. The molecule has 1 saturated heterocycles. The van der Waals surface area contributed by atoms with Crippen molar-refractivity contribution in [3.05, 3.63) is 35.4 Å². The van der Waals surface area contributed by atoms with Crippen molar-refractivity contribution in [2.24, 2.45) is 0 Å². The van der Waals surface area contributed by atoms with Crippen LogP contribution in [-0.4, -0.2) is 37.7 Å². The fourth-order valence-corrected chi connectivity index (χ4v) is 4.73. The lowest BCUT2D eigenvalue weighted by atomic mass is 10.1. The molecule has 0 saturated carbocycles. The van der Waals surface area contributed by atoms with Crippen LogP contribution in [0.4, 0.5) is 0 Å². The number of ether oxygens (including phenoxy) is 1. The van der Waals surface area contributed by atoms with E-state index >= 15 is 0 Å². The number of amides is 1. The maximum Gasteiger partial charge on any atom is 0.251 e. The van der Waals surface area contributed by atoms with Crippen molar-refractivity contribution >= 4 is 29.4 Å². The monoisotopic (exact) mass is 297 g/mol. The molecule has 0 spiro atoms. The topological polar surface area (TPSA) is 38.3 Å². The van der Waals surface area contributed by atoms with Gasteiger partial charge in [0, 0.05) is 19.2 Å². The summed E-state index contributed by atoms with van der Waals surface area (Å²) in [6.45, 7) is 1.09. The summed E-state index contributed by atoms with van der Waals surface area (Å²) in [7, 11) is 1.63. The molecule has 104 valence electrons. The highest BCUT2D eigenvalue weighted by molar-refractivity contribution is 8.16. The Morgan fingerprint density at radius 2 is 2.00 bits per heavy atom. The summed E-state index contributed by atoms with van der Waals surface area (Å²) in [5.74, 6) is 2.43. The number of thioether (sulfide) groups is 2. The predicted molar refractivity (Wildman–Crippen MR) is 82.9 cm³/mol. The van der Waals surface area contributed by atoms with Crippen molar-refractivity contribution in [1.29, 1.82) is 0 Å². The zero-order chi connectivity index (χ0) is 13.5. The lowest BCUT2D eigenvalue weighted by Crippen LogP contribution is -2.26. The molecule has 1 heterocycles. The lowest BCUT2D eigenvalue weighted by Gasteiger charge is -2.21. The van der Waals surface area contributed by atoms with Gasteiger partial charge in [-0.1, -0.05) is 12.1 Å². The molecule has 0 radical (unpaired) electrons. The van der Waals surface area contributed by atoms with Gasteiger partial charge in [-0.25, -0.2) is 0 Å². The number of carbonyl (C=O) groups excluding carboxylic acids is 1. The first-order valence-electron chi connectivity index (χ1n) is 6.41. The Morgan fingerprint density at radius 3 is 2.63 bits per heavy atom. The summed E-state index contributed by atoms with van der Waals surface area (Å²) in [6, 6.07) is 7.96. The number of hydrogen-bond donors (Lipinski definition) is 1. The van der Waals surface area contributed by atoms with E-state index in [9.17, 15) is 4.79 Å². The van der Waals surface area contributed by atoms with E-state index in [-0.39, 0.29) is 5.91 Å². The van der Waals surface area contributed by atoms with Crippen LogP contribution < -0.4 is 5.32 Å². The average Bonchev–Trinajstić information content (AvgIpc) is 2.48. The molecule has 1 aromatic carbocycles. The zero-order valence-electron chi connectivity index (χ0n) is 11.1. The molecule has 1 aliphatic heterocycles. The lowest BCUT2D eigenvalue weighted by molar-refractivity contribution is 0.0937. The van der Waals surface area contributed by atoms with Crippen molar-refractivity contribution in [2.45, 2.75) is 11.0 Å². The molecule has 0 unspecified atom stereocenters. The summed E-state index contributed by atoms with van der Waals surface area (Å²) in [4.78, 5) is 11.8. The van der Waals surface area contributed by atoms with Gasteiger partial charge in [0.2, 0.25) is 0 Å². The molecule has 0 atom stereocenters. The number of carbonyl (C=O) groups is 1. The maximum absolute atomic E-state index is 11.8. The van der Waals surface area contributed by atoms with Crippen LogP contribution in [-0.2, 0) is 4.74 Å². The molecule has 0 bridgehead atoms. The predicted octanol–water partition coefficient (Wildman–Crippen LogP) is 2.93. The number of hydrogen-bond acceptors (Lipinski definition) is 4. The molecule has 3 nitrogen and oxygen atoms in total. The largest absolute Gasteiger partial charge is 0.383 e. The minimum Gasteiger partial charge on any atom is -0.383 e. The standard InChI is InChI=1S/C14H19NO2S2/c1-17-8-7-15-13(16)11-3-5-12(6-4-11)14-18-9-2-10-19-14/h3-6,14H,2,7-10H2,1H3,(H,15,16). The van der Waals surface area contributed by atoms with Gasteiger partial charge in [0.1, 0.15) is 0 Å². The highest BCUT2D eigenvalue weighted by Crippen LogP contribution is 2.43. The number of benzene rings is 1. The van der Waals surface area contributed by atoms with Crippen LogP contribution in [0, 0.1) is 0 Å². The minimum atomic E-state index is -0.0347. The van der Waals surface area contributed by atoms with Crippen molar-refractivity contribution in [3.63, 3.8) is 0 Å². The van der Waals surface area contributed by atoms with Gasteiger partial charge in [-0.2, -0.15) is 0 Å². The van der Waals surface area contributed by atoms with Gasteiger partial charge in [-0.15, -0.1) is 23.5 Å². The quantitative estimate of drug-likeness (QED) is 0.848. The van der Waals surface area contributed by atoms with Gasteiger partial charge >= 0.3 is 0 Å². The smallest absolute Gasteiger partial charge is 0.251 e. The molecule has 1 N–H and O–H groups in total. The Kier molecular flexibility index (Phi) is 6.07. The first kappa shape index (κ1) is 14.8. The fraction of sp³-hybridized carbons (Fsp3) is 0.500. The van der Waals surface area contributed by atoms with Gasteiger partial charge in [0.25, 0.3) is 5.91 Å². The van der Waals surface area contributed by atoms with Gasteiger partial charge in [0.05, 0.1) is 11.2 Å². The molecule has 19 heavy (non-hydrogen) atoms. The normalized spacial score (nSPS) is 16.3. The van der Waals surface area contributed by atoms with Crippen LogP contribution in [0.25, 0.3) is 0 Å². The van der Waals surface area contributed by atoms with E-state index in [2.05, 4.69) is 17.4 Å². The molecule has 2 rings (SSSR count). The van der Waals surface area contributed by atoms with Crippen molar-refractivity contribution in [1.82, 2.24) is 5.32 Å². The van der Waals surface area contributed by atoms with Gasteiger partial charge in [-0.3, -0.25) is 4.79 Å². The minimum absolute atomic E-state index is 0.0347. The Hall–Kier alpha value is -0.650. The number of nitrogens with one attached hydrogen (secondary N) is 1. The molecule has 1 aromatic rings. The van der Waals surface area contributed by atoms with Crippen LogP contribution in [0.15, 0.2) is 24.3 Å². The van der Waals surface area contributed by atoms with Crippen molar-refractivity contribution in [2.75, 3.05) is 31.8 Å². The molecule has 1 amide bonds. The van der Waals surface area contributed by atoms with E-state index in [1.165, 1.54) is 23.5 Å². The number of rotatable bonds is 5. The first-order chi connectivity index (χ1) is 9.31. The Morgan fingerprint density at radius 1 is 1.32 bits per heavy atom. The molecule has 1 aliphatic rings. The van der Waals surface area contributed by atoms with E-state index in [0.29, 0.717) is 23.3 Å². The Labute approximate surface area is 122 Å². The summed E-state index contributed by atoms with van der Waals surface area (Å²) < 4.78 is 5.43. The van der Waals surface area contributed by atoms with Crippen molar-refractivity contribution < 1.29 is 9.53 Å². The highest BCUT2D eigenvalue weighted by atomic mass is 32.2. The molecule has 0 aliphatic carbocycles. The fourth-order valence-electron chi connectivity index (χ4n) is 1.84. The maximum atomic E-state index is 11.8. The summed E-state index contributed by atoms with van der Waals surface area (Å²) in [5.41, 5.74) is 2.02. The average molecular weight is 297 g/mol. The van der Waals surface area contributed by atoms with Crippen molar-refractivity contribution in [3.8, 4) is 0 Å². The molecular formula is C14H19NO2S2. The van der Waals surface area contributed by atoms with Gasteiger partial charge in [0.15, 0.2) is 0 Å². The zero-order valence-corrected chi connectivity index (χ0v) is 12.7. The van der Waals surface area contributed by atoms with Crippen LogP contribution in [0.2, 0.25) is 0 Å². The molecule has 1 fully saturated rings. The molecule has 5 heteroatoms. The third-order valence-electron chi connectivity index (χ3n) is 2.86. The first-order valence-corrected chi connectivity index (χ1v) is 8.51. The third kappa shape index (κ3) is 4.44. The third-order valence-corrected chi connectivity index (χ3v) is 5.88. The van der Waals surface area contributed by atoms with Crippen LogP contribution in [0.3, 0.4) is 0 Å². The number of methoxy groups -OCH3 is 1. The van der Waals surface area contributed by atoms with Crippen LogP contribution in [0.5, 0.6) is 0 Å². The van der Waals surface area contributed by atoms with E-state index in [1.807, 2.05) is 35.7 Å². The van der Waals surface area contributed by atoms with Gasteiger partial charge < -0.3 is 10.1 Å². The molecule has 0 aromatic heterocycles. The second kappa shape index (κ2) is 7.82. The Balaban J connectivity index is 1.91. The highest BCUT2D eigenvalue weighted by Gasteiger charge is 2.16. The second-order valence-electron chi connectivity index (χ2n) is 4.30. The van der Waals surface area contributed by atoms with Gasteiger partial charge in [-0.05, 0) is 35.6 Å². The van der Waals surface area contributed by atoms with Crippen LogP contribution >= 0.6 is 23.5 Å². The van der Waals surface area contributed by atoms with E-state index in [0.717, 1.165) is 0 Å². The summed E-state index contributed by atoms with van der Waals surface area (Å²) >= 11 is 3.99. The Bertz CT molecular complexity index is 402. The van der Waals surface area contributed by atoms with E-state index < -0.39 is 0 Å². The van der Waals surface area contributed by atoms with E-state index in [1.54, 1.807) is 7.11 Å². The second-order valence-corrected chi connectivity index (χ2v) is 7.02.